The van der Waals surface area contributed by atoms with Crippen molar-refractivity contribution in [2.75, 3.05) is 10.6 Å². The first-order valence-electron chi connectivity index (χ1n) is 7.89. The van der Waals surface area contributed by atoms with Gasteiger partial charge in [0.2, 0.25) is 5.91 Å². The van der Waals surface area contributed by atoms with Crippen LogP contribution in [0.2, 0.25) is 5.02 Å². The zero-order valence-electron chi connectivity index (χ0n) is 14.0. The lowest BCUT2D eigenvalue weighted by molar-refractivity contribution is -0.305. The van der Waals surface area contributed by atoms with Crippen molar-refractivity contribution in [3.8, 4) is 0 Å². The monoisotopic (exact) mass is 374 g/mol. The fourth-order valence-corrected chi connectivity index (χ4v) is 2.39. The molecular formula is C18H17ClN3O4-. The molecule has 2 amide bonds. The maximum Gasteiger partial charge on any atom is 0.258 e. The van der Waals surface area contributed by atoms with Gasteiger partial charge in [0.25, 0.3) is 5.91 Å². The van der Waals surface area contributed by atoms with Crippen molar-refractivity contribution in [1.29, 1.82) is 0 Å². The van der Waals surface area contributed by atoms with Crippen LogP contribution in [0, 0.1) is 6.92 Å². The molecule has 1 aromatic carbocycles. The molecule has 1 heterocycles. The van der Waals surface area contributed by atoms with E-state index in [0.717, 1.165) is 5.69 Å². The van der Waals surface area contributed by atoms with Crippen LogP contribution in [0.25, 0.3) is 0 Å². The van der Waals surface area contributed by atoms with Crippen molar-refractivity contribution >= 4 is 40.9 Å². The highest BCUT2D eigenvalue weighted by Gasteiger charge is 2.13. The maximum absolute atomic E-state index is 12.4. The van der Waals surface area contributed by atoms with E-state index in [4.69, 9.17) is 11.6 Å². The average Bonchev–Trinajstić information content (AvgIpc) is 2.56. The standard InChI is InChI=1S/C18H18ClN3O4/c1-11-4-2-5-15(20-11)22-18(26)13-10-12(8-9-14(13)19)21-16(23)6-3-7-17(24)25/h2,4-5,8-10H,3,6-7H2,1H3,(H,21,23)(H,24,25)(H,20,22,26)/p-1. The number of nitrogens with one attached hydrogen (secondary N) is 2. The first-order valence-corrected chi connectivity index (χ1v) is 8.27. The summed E-state index contributed by atoms with van der Waals surface area (Å²) in [7, 11) is 0. The van der Waals surface area contributed by atoms with Gasteiger partial charge in [-0.2, -0.15) is 0 Å². The Kier molecular flexibility index (Phi) is 6.68. The highest BCUT2D eigenvalue weighted by Crippen LogP contribution is 2.22. The Morgan fingerprint density at radius 1 is 1.12 bits per heavy atom. The average molecular weight is 375 g/mol. The van der Waals surface area contributed by atoms with Gasteiger partial charge < -0.3 is 20.5 Å². The minimum atomic E-state index is -1.20. The first kappa shape index (κ1) is 19.4. The number of anilines is 2. The Morgan fingerprint density at radius 3 is 2.58 bits per heavy atom. The SMILES string of the molecule is Cc1cccc(NC(=O)c2cc(NC(=O)CCCC(=O)[O-])ccc2Cl)n1. The molecule has 0 saturated heterocycles. The molecule has 0 spiro atoms. The van der Waals surface area contributed by atoms with Gasteiger partial charge in [-0.1, -0.05) is 17.7 Å². The van der Waals surface area contributed by atoms with E-state index in [1.807, 2.05) is 0 Å². The molecule has 0 aliphatic heterocycles. The quantitative estimate of drug-likeness (QED) is 0.771. The van der Waals surface area contributed by atoms with Crippen LogP contribution < -0.4 is 15.7 Å². The van der Waals surface area contributed by atoms with E-state index >= 15 is 0 Å². The van der Waals surface area contributed by atoms with E-state index < -0.39 is 11.9 Å². The number of carbonyl (C=O) groups is 3. The molecule has 2 rings (SSSR count). The molecule has 0 aliphatic rings. The van der Waals surface area contributed by atoms with Crippen LogP contribution in [0.15, 0.2) is 36.4 Å². The van der Waals surface area contributed by atoms with Gasteiger partial charge >= 0.3 is 0 Å². The number of aromatic nitrogens is 1. The zero-order chi connectivity index (χ0) is 19.1. The van der Waals surface area contributed by atoms with Gasteiger partial charge in [0.05, 0.1) is 10.6 Å². The van der Waals surface area contributed by atoms with Gasteiger partial charge in [-0.3, -0.25) is 9.59 Å². The van der Waals surface area contributed by atoms with Crippen LogP contribution in [0.5, 0.6) is 0 Å². The van der Waals surface area contributed by atoms with Gasteiger partial charge in [0, 0.05) is 23.8 Å². The molecule has 26 heavy (non-hydrogen) atoms. The predicted octanol–water partition coefficient (Wildman–Crippen LogP) is 2.15. The third kappa shape index (κ3) is 5.86. The van der Waals surface area contributed by atoms with Gasteiger partial charge in [-0.25, -0.2) is 4.98 Å². The fraction of sp³-hybridized carbons (Fsp3) is 0.222. The summed E-state index contributed by atoms with van der Waals surface area (Å²) in [5, 5.41) is 15.8. The number of pyridine rings is 1. The molecule has 1 aromatic heterocycles. The molecule has 136 valence electrons. The van der Waals surface area contributed by atoms with Crippen molar-refractivity contribution in [2.45, 2.75) is 26.2 Å². The maximum atomic E-state index is 12.4. The van der Waals surface area contributed by atoms with E-state index in [9.17, 15) is 19.5 Å². The third-order valence-electron chi connectivity index (χ3n) is 3.41. The summed E-state index contributed by atoms with van der Waals surface area (Å²) < 4.78 is 0. The summed E-state index contributed by atoms with van der Waals surface area (Å²) in [5.41, 5.74) is 1.32. The fourth-order valence-electron chi connectivity index (χ4n) is 2.19. The molecule has 2 aromatic rings. The number of aliphatic carboxylic acids is 1. The molecule has 7 nitrogen and oxygen atoms in total. The van der Waals surface area contributed by atoms with Crippen LogP contribution in [0.3, 0.4) is 0 Å². The second-order valence-electron chi connectivity index (χ2n) is 5.59. The molecule has 0 unspecified atom stereocenters. The van der Waals surface area contributed by atoms with Crippen LogP contribution in [-0.2, 0) is 9.59 Å². The normalized spacial score (nSPS) is 10.2. The number of amides is 2. The summed E-state index contributed by atoms with van der Waals surface area (Å²) >= 11 is 6.08. The molecule has 0 atom stereocenters. The van der Waals surface area contributed by atoms with Crippen molar-refractivity contribution in [1.82, 2.24) is 4.98 Å². The number of carboxylic acid groups (broad SMARTS) is 1. The van der Waals surface area contributed by atoms with Crippen LogP contribution in [-0.4, -0.2) is 22.8 Å². The smallest absolute Gasteiger partial charge is 0.258 e. The molecule has 0 bridgehead atoms. The Labute approximate surface area is 155 Å². The lowest BCUT2D eigenvalue weighted by Crippen LogP contribution is -2.22. The number of rotatable bonds is 7. The first-order chi connectivity index (χ1) is 12.3. The van der Waals surface area contributed by atoms with Crippen molar-refractivity contribution < 1.29 is 19.5 Å². The topological polar surface area (TPSA) is 111 Å². The van der Waals surface area contributed by atoms with Gasteiger partial charge in [0.15, 0.2) is 0 Å². The molecule has 8 heteroatoms. The lowest BCUT2D eigenvalue weighted by Gasteiger charge is -2.10. The molecular weight excluding hydrogens is 358 g/mol. The minimum Gasteiger partial charge on any atom is -0.550 e. The third-order valence-corrected chi connectivity index (χ3v) is 3.74. The molecule has 2 N–H and O–H groups in total. The largest absolute Gasteiger partial charge is 0.550 e. The number of hydrogen-bond acceptors (Lipinski definition) is 5. The van der Waals surface area contributed by atoms with E-state index in [-0.39, 0.29) is 35.8 Å². The minimum absolute atomic E-state index is 0.0331. The number of carboxylic acids is 1. The van der Waals surface area contributed by atoms with Gasteiger partial charge in [-0.15, -0.1) is 0 Å². The summed E-state index contributed by atoms with van der Waals surface area (Å²) in [6.45, 7) is 1.80. The van der Waals surface area contributed by atoms with Gasteiger partial charge in [-0.05, 0) is 50.1 Å². The van der Waals surface area contributed by atoms with Crippen molar-refractivity contribution in [3.05, 3.63) is 52.7 Å². The summed E-state index contributed by atoms with van der Waals surface area (Å²) in [6.07, 6.45) is 0.0185. The Bertz CT molecular complexity index is 839. The number of nitrogens with zero attached hydrogens (tertiary/aromatic N) is 1. The molecule has 0 saturated carbocycles. The van der Waals surface area contributed by atoms with Crippen LogP contribution in [0.1, 0.15) is 35.3 Å². The van der Waals surface area contributed by atoms with E-state index in [1.54, 1.807) is 31.2 Å². The molecule has 0 aliphatic carbocycles. The molecule has 0 fully saturated rings. The number of hydrogen-bond donors (Lipinski definition) is 2. The predicted molar refractivity (Wildman–Crippen MR) is 95.9 cm³/mol. The van der Waals surface area contributed by atoms with Crippen LogP contribution in [0.4, 0.5) is 11.5 Å². The Morgan fingerprint density at radius 2 is 1.88 bits per heavy atom. The Hall–Kier alpha value is -2.93. The lowest BCUT2D eigenvalue weighted by atomic mass is 10.1. The van der Waals surface area contributed by atoms with E-state index in [2.05, 4.69) is 15.6 Å². The summed E-state index contributed by atoms with van der Waals surface area (Å²) in [5.74, 6) is -1.63. The zero-order valence-corrected chi connectivity index (χ0v) is 14.8. The molecule has 0 radical (unpaired) electrons. The van der Waals surface area contributed by atoms with Crippen LogP contribution >= 0.6 is 11.6 Å². The van der Waals surface area contributed by atoms with Gasteiger partial charge in [0.1, 0.15) is 5.82 Å². The summed E-state index contributed by atoms with van der Waals surface area (Å²) in [6, 6.07) is 9.73. The van der Waals surface area contributed by atoms with Crippen molar-refractivity contribution in [3.63, 3.8) is 0 Å². The van der Waals surface area contributed by atoms with Crippen molar-refractivity contribution in [2.24, 2.45) is 0 Å². The highest BCUT2D eigenvalue weighted by molar-refractivity contribution is 6.34. The summed E-state index contributed by atoms with van der Waals surface area (Å²) in [4.78, 5) is 38.8. The number of carbonyl (C=O) groups excluding carboxylic acids is 3. The second-order valence-corrected chi connectivity index (χ2v) is 5.99. The Balaban J connectivity index is 2.05. The van der Waals surface area contributed by atoms with E-state index in [0.29, 0.717) is 11.5 Å². The number of aryl methyl sites for hydroxylation is 1. The second kappa shape index (κ2) is 8.96. The highest BCUT2D eigenvalue weighted by atomic mass is 35.5. The van der Waals surface area contributed by atoms with E-state index in [1.165, 1.54) is 12.1 Å². The number of benzene rings is 1. The number of halogens is 1.